The van der Waals surface area contributed by atoms with Crippen molar-refractivity contribution in [3.63, 3.8) is 0 Å². The number of hydrogen-bond acceptors (Lipinski definition) is 3. The minimum atomic E-state index is 0.391. The van der Waals surface area contributed by atoms with Gasteiger partial charge in [0.25, 0.3) is 0 Å². The molecule has 0 aromatic heterocycles. The molecule has 0 unspecified atom stereocenters. The van der Waals surface area contributed by atoms with Crippen LogP contribution in [0.2, 0.25) is 0 Å². The van der Waals surface area contributed by atoms with Crippen molar-refractivity contribution in [2.45, 2.75) is 32.1 Å². The third-order valence-corrected chi connectivity index (χ3v) is 4.28. The molecule has 0 radical (unpaired) electrons. The van der Waals surface area contributed by atoms with Gasteiger partial charge in [-0.15, -0.1) is 0 Å². The standard InChI is InChI=1S/C13H24N2OS/c16-13(11-12-3-1-2-4-12)15-7-5-14(6-8-15)9-10-17/h12,17H,1-11H2. The second-order valence-corrected chi connectivity index (χ2v) is 5.75. The summed E-state index contributed by atoms with van der Waals surface area (Å²) in [5.74, 6) is 1.98. The Morgan fingerprint density at radius 2 is 1.76 bits per heavy atom. The minimum Gasteiger partial charge on any atom is -0.340 e. The van der Waals surface area contributed by atoms with Crippen LogP contribution in [-0.2, 0) is 4.79 Å². The van der Waals surface area contributed by atoms with Gasteiger partial charge in [0.05, 0.1) is 0 Å². The van der Waals surface area contributed by atoms with Crippen molar-refractivity contribution >= 4 is 18.5 Å². The largest absolute Gasteiger partial charge is 0.340 e. The van der Waals surface area contributed by atoms with Gasteiger partial charge >= 0.3 is 0 Å². The zero-order chi connectivity index (χ0) is 12.1. The van der Waals surface area contributed by atoms with E-state index in [0.29, 0.717) is 11.8 Å². The SMILES string of the molecule is O=C(CC1CCCC1)N1CCN(CCS)CC1. The van der Waals surface area contributed by atoms with Crippen LogP contribution in [0.4, 0.5) is 0 Å². The quantitative estimate of drug-likeness (QED) is 0.773. The molecule has 2 rings (SSSR count). The maximum absolute atomic E-state index is 12.1. The predicted octanol–water partition coefficient (Wildman–Crippen LogP) is 1.64. The van der Waals surface area contributed by atoms with Crippen LogP contribution in [0.5, 0.6) is 0 Å². The first-order chi connectivity index (χ1) is 8.29. The summed E-state index contributed by atoms with van der Waals surface area (Å²) in [6, 6.07) is 0. The lowest BCUT2D eigenvalue weighted by Gasteiger charge is -2.35. The molecule has 1 amide bonds. The molecule has 0 bridgehead atoms. The summed E-state index contributed by atoms with van der Waals surface area (Å²) in [7, 11) is 0. The van der Waals surface area contributed by atoms with Crippen molar-refractivity contribution in [3.05, 3.63) is 0 Å². The van der Waals surface area contributed by atoms with E-state index in [4.69, 9.17) is 0 Å². The Kier molecular flexibility index (Phi) is 5.16. The number of hydrogen-bond donors (Lipinski definition) is 1. The molecule has 1 saturated carbocycles. The topological polar surface area (TPSA) is 23.6 Å². The lowest BCUT2D eigenvalue weighted by molar-refractivity contribution is -0.133. The molecule has 1 aliphatic heterocycles. The molecule has 2 aliphatic rings. The smallest absolute Gasteiger partial charge is 0.222 e. The van der Waals surface area contributed by atoms with Crippen molar-refractivity contribution < 1.29 is 4.79 Å². The Morgan fingerprint density at radius 1 is 1.12 bits per heavy atom. The average Bonchev–Trinajstić information content (AvgIpc) is 2.83. The first-order valence-electron chi connectivity index (χ1n) is 6.90. The monoisotopic (exact) mass is 256 g/mol. The van der Waals surface area contributed by atoms with E-state index in [1.807, 2.05) is 0 Å². The number of amides is 1. The summed E-state index contributed by atoms with van der Waals surface area (Å²) in [6.45, 7) is 4.93. The molecule has 3 nitrogen and oxygen atoms in total. The van der Waals surface area contributed by atoms with E-state index in [2.05, 4.69) is 22.4 Å². The Bertz CT molecular complexity index is 246. The molecule has 1 saturated heterocycles. The third-order valence-electron chi connectivity index (χ3n) is 4.08. The molecule has 1 aliphatic carbocycles. The normalized spacial score (nSPS) is 23.2. The van der Waals surface area contributed by atoms with Gasteiger partial charge in [-0.2, -0.15) is 12.6 Å². The van der Waals surface area contributed by atoms with Gasteiger partial charge in [-0.1, -0.05) is 12.8 Å². The molecule has 0 aromatic carbocycles. The minimum absolute atomic E-state index is 0.391. The highest BCUT2D eigenvalue weighted by Gasteiger charge is 2.24. The molecule has 4 heteroatoms. The molecule has 1 heterocycles. The highest BCUT2D eigenvalue weighted by atomic mass is 32.1. The number of nitrogens with zero attached hydrogens (tertiary/aromatic N) is 2. The van der Waals surface area contributed by atoms with Crippen LogP contribution >= 0.6 is 12.6 Å². The van der Waals surface area contributed by atoms with Crippen LogP contribution in [-0.4, -0.2) is 54.2 Å². The van der Waals surface area contributed by atoms with Crippen LogP contribution in [0.25, 0.3) is 0 Å². The number of piperazine rings is 1. The predicted molar refractivity (Wildman–Crippen MR) is 73.4 cm³/mol. The highest BCUT2D eigenvalue weighted by Crippen LogP contribution is 2.28. The van der Waals surface area contributed by atoms with Gasteiger partial charge < -0.3 is 4.90 Å². The van der Waals surface area contributed by atoms with Crippen LogP contribution < -0.4 is 0 Å². The van der Waals surface area contributed by atoms with Crippen molar-refractivity contribution in [1.82, 2.24) is 9.80 Å². The van der Waals surface area contributed by atoms with E-state index in [1.165, 1.54) is 25.7 Å². The third kappa shape index (κ3) is 3.88. The van der Waals surface area contributed by atoms with Gasteiger partial charge in [0, 0.05) is 44.9 Å². The molecule has 2 fully saturated rings. The molecule has 0 N–H and O–H groups in total. The number of carbonyl (C=O) groups is 1. The fraction of sp³-hybridized carbons (Fsp3) is 0.923. The molecular formula is C13H24N2OS. The Hall–Kier alpha value is -0.220. The summed E-state index contributed by atoms with van der Waals surface area (Å²) in [5, 5.41) is 0. The average molecular weight is 256 g/mol. The van der Waals surface area contributed by atoms with Crippen molar-refractivity contribution in [3.8, 4) is 0 Å². The van der Waals surface area contributed by atoms with Crippen molar-refractivity contribution in [2.75, 3.05) is 38.5 Å². The van der Waals surface area contributed by atoms with Gasteiger partial charge in [-0.3, -0.25) is 9.69 Å². The molecule has 0 atom stereocenters. The van der Waals surface area contributed by atoms with Crippen LogP contribution in [0.15, 0.2) is 0 Å². The van der Waals surface area contributed by atoms with Crippen LogP contribution in [0, 0.1) is 5.92 Å². The van der Waals surface area contributed by atoms with Crippen LogP contribution in [0.3, 0.4) is 0 Å². The van der Waals surface area contributed by atoms with E-state index in [0.717, 1.165) is 44.9 Å². The zero-order valence-corrected chi connectivity index (χ0v) is 11.5. The summed E-state index contributed by atoms with van der Waals surface area (Å²) in [4.78, 5) is 16.6. The van der Waals surface area contributed by atoms with E-state index in [-0.39, 0.29) is 0 Å². The summed E-state index contributed by atoms with van der Waals surface area (Å²) in [5.41, 5.74) is 0. The Morgan fingerprint density at radius 3 is 2.35 bits per heavy atom. The van der Waals surface area contributed by atoms with Gasteiger partial charge in [-0.05, 0) is 18.8 Å². The molecule has 17 heavy (non-hydrogen) atoms. The first-order valence-corrected chi connectivity index (χ1v) is 7.54. The van der Waals surface area contributed by atoms with Crippen molar-refractivity contribution in [1.29, 1.82) is 0 Å². The maximum Gasteiger partial charge on any atom is 0.222 e. The molecule has 98 valence electrons. The lowest BCUT2D eigenvalue weighted by atomic mass is 10.0. The summed E-state index contributed by atoms with van der Waals surface area (Å²) in [6.07, 6.45) is 5.99. The van der Waals surface area contributed by atoms with E-state index >= 15 is 0 Å². The van der Waals surface area contributed by atoms with Gasteiger partial charge in [0.1, 0.15) is 0 Å². The number of rotatable bonds is 4. The second-order valence-electron chi connectivity index (χ2n) is 5.30. The van der Waals surface area contributed by atoms with E-state index in [9.17, 15) is 4.79 Å². The van der Waals surface area contributed by atoms with E-state index in [1.54, 1.807) is 0 Å². The number of thiol groups is 1. The zero-order valence-electron chi connectivity index (χ0n) is 10.6. The lowest BCUT2D eigenvalue weighted by Crippen LogP contribution is -2.49. The van der Waals surface area contributed by atoms with E-state index < -0.39 is 0 Å². The Balaban J connectivity index is 1.70. The summed E-state index contributed by atoms with van der Waals surface area (Å²) < 4.78 is 0. The molecule has 0 spiro atoms. The maximum atomic E-state index is 12.1. The first kappa shape index (κ1) is 13.2. The van der Waals surface area contributed by atoms with Crippen molar-refractivity contribution in [2.24, 2.45) is 5.92 Å². The summed E-state index contributed by atoms with van der Waals surface area (Å²) >= 11 is 4.25. The van der Waals surface area contributed by atoms with Gasteiger partial charge in [0.15, 0.2) is 0 Å². The second kappa shape index (κ2) is 6.64. The number of carbonyl (C=O) groups excluding carboxylic acids is 1. The van der Waals surface area contributed by atoms with Crippen LogP contribution in [0.1, 0.15) is 32.1 Å². The fourth-order valence-corrected chi connectivity index (χ4v) is 3.24. The molecule has 0 aromatic rings. The molecular weight excluding hydrogens is 232 g/mol. The highest BCUT2D eigenvalue weighted by molar-refractivity contribution is 7.80. The Labute approximate surface area is 110 Å². The van der Waals surface area contributed by atoms with Gasteiger partial charge in [0.2, 0.25) is 5.91 Å². The van der Waals surface area contributed by atoms with Gasteiger partial charge in [-0.25, -0.2) is 0 Å². The fourth-order valence-electron chi connectivity index (χ4n) is 2.95.